The van der Waals surface area contributed by atoms with E-state index in [0.29, 0.717) is 6.54 Å². The minimum atomic E-state index is -0.471. The molecule has 1 aromatic carbocycles. The summed E-state index contributed by atoms with van der Waals surface area (Å²) in [6.45, 7) is 4.81. The van der Waals surface area contributed by atoms with Gasteiger partial charge >= 0.3 is 0 Å². The fourth-order valence-electron chi connectivity index (χ4n) is 2.50. The number of hydrogen-bond acceptors (Lipinski definition) is 3. The van der Waals surface area contributed by atoms with Crippen molar-refractivity contribution in [2.24, 2.45) is 0 Å². The van der Waals surface area contributed by atoms with Crippen molar-refractivity contribution >= 4 is 5.69 Å². The zero-order valence-corrected chi connectivity index (χ0v) is 11.6. The lowest BCUT2D eigenvalue weighted by atomic mass is 10.0. The fourth-order valence-corrected chi connectivity index (χ4v) is 2.50. The molecule has 2 heterocycles. The molecule has 1 aromatic heterocycles. The molecule has 2 aromatic rings. The first kappa shape index (κ1) is 12.9. The lowest BCUT2D eigenvalue weighted by Crippen LogP contribution is -2.25. The summed E-state index contributed by atoms with van der Waals surface area (Å²) in [6.07, 6.45) is 2.41. The van der Waals surface area contributed by atoms with Crippen LogP contribution in [-0.2, 0) is 13.0 Å². The third kappa shape index (κ3) is 2.59. The summed E-state index contributed by atoms with van der Waals surface area (Å²) >= 11 is 0. The van der Waals surface area contributed by atoms with E-state index in [9.17, 15) is 4.39 Å². The Morgan fingerprint density at radius 3 is 2.90 bits per heavy atom. The van der Waals surface area contributed by atoms with Crippen LogP contribution in [-0.4, -0.2) is 10.6 Å². The molecule has 1 aliphatic heterocycles. The molecule has 0 amide bonds. The standard InChI is InChI=1S/C16H17FN2O/c1-16(2)8-11-4-3-5-12(15(11)20-16)9-18-13-6-7-14(17)19-10-13/h3-7,10,18H,8-9H2,1-2H3. The van der Waals surface area contributed by atoms with Gasteiger partial charge in [0.1, 0.15) is 11.4 Å². The van der Waals surface area contributed by atoms with Gasteiger partial charge in [0.2, 0.25) is 5.95 Å². The van der Waals surface area contributed by atoms with E-state index in [-0.39, 0.29) is 5.60 Å². The Labute approximate surface area is 117 Å². The minimum Gasteiger partial charge on any atom is -0.487 e. The highest BCUT2D eigenvalue weighted by molar-refractivity contribution is 5.48. The second-order valence-corrected chi connectivity index (χ2v) is 5.67. The van der Waals surface area contributed by atoms with Crippen LogP contribution in [0.4, 0.5) is 10.1 Å². The van der Waals surface area contributed by atoms with Crippen molar-refractivity contribution in [2.45, 2.75) is 32.4 Å². The van der Waals surface area contributed by atoms with E-state index in [1.165, 1.54) is 17.8 Å². The van der Waals surface area contributed by atoms with Gasteiger partial charge in [0.05, 0.1) is 11.9 Å². The fraction of sp³-hybridized carbons (Fsp3) is 0.312. The molecule has 0 unspecified atom stereocenters. The molecule has 0 saturated carbocycles. The van der Waals surface area contributed by atoms with E-state index in [2.05, 4.69) is 30.2 Å². The molecule has 0 spiro atoms. The Balaban J connectivity index is 1.76. The van der Waals surface area contributed by atoms with E-state index < -0.39 is 5.95 Å². The molecule has 20 heavy (non-hydrogen) atoms. The molecule has 0 atom stereocenters. The highest BCUT2D eigenvalue weighted by Crippen LogP contribution is 2.37. The van der Waals surface area contributed by atoms with Crippen molar-refractivity contribution in [2.75, 3.05) is 5.32 Å². The van der Waals surface area contributed by atoms with Gasteiger partial charge in [-0.05, 0) is 31.5 Å². The first-order valence-corrected chi connectivity index (χ1v) is 6.69. The summed E-state index contributed by atoms with van der Waals surface area (Å²) in [7, 11) is 0. The van der Waals surface area contributed by atoms with Gasteiger partial charge in [0.15, 0.2) is 0 Å². The zero-order chi connectivity index (χ0) is 14.2. The summed E-state index contributed by atoms with van der Waals surface area (Å²) in [5, 5.41) is 3.24. The van der Waals surface area contributed by atoms with Gasteiger partial charge in [-0.3, -0.25) is 0 Å². The van der Waals surface area contributed by atoms with Crippen LogP contribution in [0.3, 0.4) is 0 Å². The predicted octanol–water partition coefficient (Wildman–Crippen LogP) is 3.55. The Hall–Kier alpha value is -2.10. The number of anilines is 1. The molecule has 1 N–H and O–H groups in total. The number of fused-ring (bicyclic) bond motifs is 1. The average molecular weight is 272 g/mol. The number of nitrogens with zero attached hydrogens (tertiary/aromatic N) is 1. The normalized spacial score (nSPS) is 15.6. The molecular weight excluding hydrogens is 255 g/mol. The van der Waals surface area contributed by atoms with Crippen molar-refractivity contribution < 1.29 is 9.13 Å². The van der Waals surface area contributed by atoms with Gasteiger partial charge in [0, 0.05) is 18.5 Å². The molecule has 3 nitrogen and oxygen atoms in total. The topological polar surface area (TPSA) is 34.2 Å². The molecule has 1 aliphatic rings. The Morgan fingerprint density at radius 2 is 2.15 bits per heavy atom. The van der Waals surface area contributed by atoms with E-state index >= 15 is 0 Å². The quantitative estimate of drug-likeness (QED) is 0.868. The zero-order valence-electron chi connectivity index (χ0n) is 11.6. The van der Waals surface area contributed by atoms with Crippen LogP contribution in [0.5, 0.6) is 5.75 Å². The van der Waals surface area contributed by atoms with Crippen molar-refractivity contribution in [3.8, 4) is 5.75 Å². The van der Waals surface area contributed by atoms with Crippen LogP contribution in [0.25, 0.3) is 0 Å². The van der Waals surface area contributed by atoms with Crippen molar-refractivity contribution in [1.29, 1.82) is 0 Å². The van der Waals surface area contributed by atoms with Crippen LogP contribution in [0.15, 0.2) is 36.5 Å². The third-order valence-electron chi connectivity index (χ3n) is 3.38. The highest BCUT2D eigenvalue weighted by atomic mass is 19.1. The first-order chi connectivity index (χ1) is 9.53. The Kier molecular flexibility index (Phi) is 3.08. The number of halogens is 1. The van der Waals surface area contributed by atoms with Gasteiger partial charge in [0.25, 0.3) is 0 Å². The van der Waals surface area contributed by atoms with Crippen LogP contribution >= 0.6 is 0 Å². The van der Waals surface area contributed by atoms with Crippen LogP contribution in [0.2, 0.25) is 0 Å². The molecule has 3 rings (SSSR count). The summed E-state index contributed by atoms with van der Waals surface area (Å²) in [5.74, 6) is 0.501. The first-order valence-electron chi connectivity index (χ1n) is 6.69. The van der Waals surface area contributed by atoms with Crippen LogP contribution in [0, 0.1) is 5.95 Å². The number of rotatable bonds is 3. The van der Waals surface area contributed by atoms with Gasteiger partial charge in [-0.25, -0.2) is 4.98 Å². The number of pyridine rings is 1. The summed E-state index contributed by atoms with van der Waals surface area (Å²) in [4.78, 5) is 3.63. The van der Waals surface area contributed by atoms with Gasteiger partial charge in [-0.2, -0.15) is 4.39 Å². The monoisotopic (exact) mass is 272 g/mol. The second kappa shape index (κ2) is 4.78. The summed E-state index contributed by atoms with van der Waals surface area (Å²) in [5.41, 5.74) is 3.00. The maximum absolute atomic E-state index is 12.8. The maximum atomic E-state index is 12.8. The molecule has 0 aliphatic carbocycles. The molecule has 104 valence electrons. The number of hydrogen-bond donors (Lipinski definition) is 1. The maximum Gasteiger partial charge on any atom is 0.212 e. The smallest absolute Gasteiger partial charge is 0.212 e. The summed E-state index contributed by atoms with van der Waals surface area (Å²) < 4.78 is 18.8. The Morgan fingerprint density at radius 1 is 1.30 bits per heavy atom. The highest BCUT2D eigenvalue weighted by Gasteiger charge is 2.31. The lowest BCUT2D eigenvalue weighted by Gasteiger charge is -2.18. The van der Waals surface area contributed by atoms with Crippen molar-refractivity contribution in [3.63, 3.8) is 0 Å². The number of ether oxygens (including phenoxy) is 1. The molecule has 0 radical (unpaired) electrons. The Bertz CT molecular complexity index is 623. The molecule has 0 bridgehead atoms. The van der Waals surface area contributed by atoms with E-state index in [4.69, 9.17) is 4.74 Å². The second-order valence-electron chi connectivity index (χ2n) is 5.67. The predicted molar refractivity (Wildman–Crippen MR) is 76.4 cm³/mol. The number of aromatic nitrogens is 1. The number of nitrogens with one attached hydrogen (secondary N) is 1. The molecular formula is C16H17FN2O. The lowest BCUT2D eigenvalue weighted by molar-refractivity contribution is 0.137. The van der Waals surface area contributed by atoms with Crippen LogP contribution < -0.4 is 10.1 Å². The van der Waals surface area contributed by atoms with Gasteiger partial charge < -0.3 is 10.1 Å². The summed E-state index contributed by atoms with van der Waals surface area (Å²) in [6, 6.07) is 9.22. The van der Waals surface area contributed by atoms with E-state index in [1.54, 1.807) is 6.07 Å². The number of benzene rings is 1. The van der Waals surface area contributed by atoms with Crippen molar-refractivity contribution in [1.82, 2.24) is 4.98 Å². The molecule has 0 saturated heterocycles. The van der Waals surface area contributed by atoms with Crippen molar-refractivity contribution in [3.05, 3.63) is 53.6 Å². The average Bonchev–Trinajstić information content (AvgIpc) is 2.72. The van der Waals surface area contributed by atoms with Crippen LogP contribution in [0.1, 0.15) is 25.0 Å². The molecule has 0 fully saturated rings. The van der Waals surface area contributed by atoms with Gasteiger partial charge in [-0.1, -0.05) is 18.2 Å². The van der Waals surface area contributed by atoms with Gasteiger partial charge in [-0.15, -0.1) is 0 Å². The SMILES string of the molecule is CC1(C)Cc2cccc(CNc3ccc(F)nc3)c2O1. The third-order valence-corrected chi connectivity index (χ3v) is 3.38. The van der Waals surface area contributed by atoms with E-state index in [0.717, 1.165) is 23.4 Å². The minimum absolute atomic E-state index is 0.143. The number of para-hydroxylation sites is 1. The molecule has 4 heteroatoms. The largest absolute Gasteiger partial charge is 0.487 e. The van der Waals surface area contributed by atoms with E-state index in [1.807, 2.05) is 12.1 Å².